The van der Waals surface area contributed by atoms with E-state index >= 15 is 0 Å². The largest absolute Gasteiger partial charge is 0.508 e. The molecule has 35 heavy (non-hydrogen) atoms. The predicted octanol–water partition coefficient (Wildman–Crippen LogP) is 5.11. The molecule has 3 aromatic carbocycles. The SMILES string of the molecule is CC1(C)OC(=O)C2(C(=O)O1)[C@@H](c1ccccc1)CC(=O)C[C@H]2c1ccc(-c2ccc(O)cc2)cc1. The fraction of sp³-hybridized carbons (Fsp3) is 0.276. The zero-order valence-corrected chi connectivity index (χ0v) is 19.6. The molecule has 0 unspecified atom stereocenters. The third kappa shape index (κ3) is 3.89. The van der Waals surface area contributed by atoms with E-state index in [0.29, 0.717) is 5.56 Å². The van der Waals surface area contributed by atoms with Crippen molar-refractivity contribution in [3.63, 3.8) is 0 Å². The fourth-order valence-electron chi connectivity index (χ4n) is 5.40. The van der Waals surface area contributed by atoms with Gasteiger partial charge in [0.2, 0.25) is 0 Å². The highest BCUT2D eigenvalue weighted by molar-refractivity contribution is 6.06. The lowest BCUT2D eigenvalue weighted by Gasteiger charge is -2.49. The summed E-state index contributed by atoms with van der Waals surface area (Å²) < 4.78 is 11.3. The first-order valence-corrected chi connectivity index (χ1v) is 11.6. The molecule has 1 saturated carbocycles. The van der Waals surface area contributed by atoms with E-state index in [0.717, 1.165) is 16.7 Å². The van der Waals surface area contributed by atoms with E-state index in [1.165, 1.54) is 13.8 Å². The topological polar surface area (TPSA) is 89.9 Å². The number of ether oxygens (including phenoxy) is 2. The minimum atomic E-state index is -1.68. The van der Waals surface area contributed by atoms with Crippen molar-refractivity contribution in [3.8, 4) is 16.9 Å². The van der Waals surface area contributed by atoms with E-state index in [2.05, 4.69) is 0 Å². The molecule has 6 heteroatoms. The number of ketones is 1. The van der Waals surface area contributed by atoms with Crippen molar-refractivity contribution in [2.45, 2.75) is 44.3 Å². The average Bonchev–Trinajstić information content (AvgIpc) is 2.83. The molecule has 0 radical (unpaired) electrons. The van der Waals surface area contributed by atoms with E-state index in [1.807, 2.05) is 54.6 Å². The van der Waals surface area contributed by atoms with Crippen LogP contribution in [-0.4, -0.2) is 28.6 Å². The quantitative estimate of drug-likeness (QED) is 0.423. The van der Waals surface area contributed by atoms with Gasteiger partial charge in [0.15, 0.2) is 5.41 Å². The molecule has 6 nitrogen and oxygen atoms in total. The van der Waals surface area contributed by atoms with Gasteiger partial charge in [0.1, 0.15) is 11.5 Å². The summed E-state index contributed by atoms with van der Waals surface area (Å²) in [5.74, 6) is -3.99. The van der Waals surface area contributed by atoms with Crippen molar-refractivity contribution in [1.29, 1.82) is 0 Å². The molecule has 0 bridgehead atoms. The number of hydrogen-bond acceptors (Lipinski definition) is 6. The number of phenolic OH excluding ortho intramolecular Hbond substituents is 1. The van der Waals surface area contributed by atoms with Gasteiger partial charge >= 0.3 is 11.9 Å². The second kappa shape index (κ2) is 8.38. The van der Waals surface area contributed by atoms with Crippen LogP contribution in [0.2, 0.25) is 0 Å². The first-order valence-electron chi connectivity index (χ1n) is 11.6. The van der Waals surface area contributed by atoms with Gasteiger partial charge in [-0.1, -0.05) is 66.7 Å². The summed E-state index contributed by atoms with van der Waals surface area (Å²) in [6.07, 6.45) is 0.0866. The maximum atomic E-state index is 13.7. The highest BCUT2D eigenvalue weighted by Crippen LogP contribution is 2.57. The molecule has 1 N–H and O–H groups in total. The summed E-state index contributed by atoms with van der Waals surface area (Å²) >= 11 is 0. The van der Waals surface area contributed by atoms with Crippen molar-refractivity contribution in [3.05, 3.63) is 90.0 Å². The van der Waals surface area contributed by atoms with E-state index in [-0.39, 0.29) is 24.4 Å². The van der Waals surface area contributed by atoms with Crippen molar-refractivity contribution in [2.75, 3.05) is 0 Å². The summed E-state index contributed by atoms with van der Waals surface area (Å²) in [5, 5.41) is 9.57. The Hall–Kier alpha value is -3.93. The van der Waals surface area contributed by atoms with Crippen LogP contribution in [0.4, 0.5) is 0 Å². The molecule has 1 heterocycles. The van der Waals surface area contributed by atoms with Crippen molar-refractivity contribution < 1.29 is 29.0 Å². The van der Waals surface area contributed by atoms with Gasteiger partial charge in [-0.3, -0.25) is 14.4 Å². The maximum absolute atomic E-state index is 13.7. The van der Waals surface area contributed by atoms with Crippen LogP contribution < -0.4 is 0 Å². The molecule has 178 valence electrons. The van der Waals surface area contributed by atoms with E-state index < -0.39 is 35.0 Å². The molecular weight excluding hydrogens is 444 g/mol. The maximum Gasteiger partial charge on any atom is 0.328 e. The number of hydrogen-bond donors (Lipinski definition) is 1. The molecular formula is C29H26O6. The van der Waals surface area contributed by atoms with Gasteiger partial charge < -0.3 is 14.6 Å². The van der Waals surface area contributed by atoms with E-state index in [9.17, 15) is 19.5 Å². The second-order valence-electron chi connectivity index (χ2n) is 9.68. The van der Waals surface area contributed by atoms with Crippen molar-refractivity contribution in [1.82, 2.24) is 0 Å². The lowest BCUT2D eigenvalue weighted by atomic mass is 9.55. The number of carbonyl (C=O) groups is 3. The third-order valence-electron chi connectivity index (χ3n) is 7.03. The molecule has 2 fully saturated rings. The monoisotopic (exact) mass is 470 g/mol. The van der Waals surface area contributed by atoms with Gasteiger partial charge in [0, 0.05) is 38.5 Å². The first-order chi connectivity index (χ1) is 16.7. The number of benzene rings is 3. The third-order valence-corrected chi connectivity index (χ3v) is 7.03. The van der Waals surface area contributed by atoms with Crippen molar-refractivity contribution in [2.24, 2.45) is 5.41 Å². The van der Waals surface area contributed by atoms with Gasteiger partial charge in [0.05, 0.1) is 0 Å². The molecule has 2 aliphatic rings. The summed E-state index contributed by atoms with van der Waals surface area (Å²) in [5.41, 5.74) is 1.55. The molecule has 2 atom stereocenters. The van der Waals surface area contributed by atoms with Gasteiger partial charge in [-0.05, 0) is 34.4 Å². The van der Waals surface area contributed by atoms with Gasteiger partial charge in [-0.15, -0.1) is 0 Å². The summed E-state index contributed by atoms with van der Waals surface area (Å²) in [7, 11) is 0. The van der Waals surface area contributed by atoms with Crippen LogP contribution >= 0.6 is 0 Å². The summed E-state index contributed by atoms with van der Waals surface area (Å²) in [6, 6.07) is 23.4. The average molecular weight is 471 g/mol. The lowest BCUT2D eigenvalue weighted by Crippen LogP contribution is -2.61. The lowest BCUT2D eigenvalue weighted by molar-refractivity contribution is -0.256. The second-order valence-corrected chi connectivity index (χ2v) is 9.68. The Labute approximate surface area is 203 Å². The Morgan fingerprint density at radius 2 is 1.14 bits per heavy atom. The number of carbonyl (C=O) groups excluding carboxylic acids is 3. The molecule has 3 aromatic rings. The normalized spacial score (nSPS) is 23.0. The standard InChI is InChI=1S/C29H26O6/c1-28(2)34-26(32)29(27(33)35-28)24(20-6-4-3-5-7-20)16-23(31)17-25(29)21-10-8-18(9-11-21)19-12-14-22(30)15-13-19/h3-15,24-25,30H,16-17H2,1-2H3/t24-,25+/m1/s1. The molecule has 0 aromatic heterocycles. The first kappa shape index (κ1) is 22.8. The highest BCUT2D eigenvalue weighted by Gasteiger charge is 2.67. The van der Waals surface area contributed by atoms with Crippen LogP contribution in [0.15, 0.2) is 78.9 Å². The Balaban J connectivity index is 1.63. The van der Waals surface area contributed by atoms with Gasteiger partial charge in [-0.2, -0.15) is 0 Å². The fourth-order valence-corrected chi connectivity index (χ4v) is 5.40. The number of phenols is 1. The number of esters is 2. The van der Waals surface area contributed by atoms with Crippen molar-refractivity contribution >= 4 is 17.7 Å². The Morgan fingerprint density at radius 1 is 0.686 bits per heavy atom. The van der Waals surface area contributed by atoms with E-state index in [4.69, 9.17) is 9.47 Å². The molecule has 1 aliphatic carbocycles. The molecule has 1 aliphatic heterocycles. The van der Waals surface area contributed by atoms with Crippen LogP contribution in [0, 0.1) is 5.41 Å². The number of rotatable bonds is 3. The molecule has 1 saturated heterocycles. The van der Waals surface area contributed by atoms with E-state index in [1.54, 1.807) is 24.3 Å². The highest BCUT2D eigenvalue weighted by atomic mass is 16.7. The number of aromatic hydroxyl groups is 1. The molecule has 5 rings (SSSR count). The Bertz CT molecular complexity index is 1260. The predicted molar refractivity (Wildman–Crippen MR) is 128 cm³/mol. The minimum absolute atomic E-state index is 0.0254. The minimum Gasteiger partial charge on any atom is -0.508 e. The van der Waals surface area contributed by atoms with Crippen LogP contribution in [0.3, 0.4) is 0 Å². The Morgan fingerprint density at radius 3 is 1.66 bits per heavy atom. The number of cyclic esters (lactones) is 2. The van der Waals surface area contributed by atoms with Gasteiger partial charge in [0.25, 0.3) is 5.79 Å². The molecule has 1 spiro atoms. The van der Waals surface area contributed by atoms with Gasteiger partial charge in [-0.25, -0.2) is 0 Å². The Kier molecular flexibility index (Phi) is 5.47. The number of Topliss-reactive ketones (excluding diaryl/α,β-unsaturated/α-hetero) is 1. The zero-order chi connectivity index (χ0) is 24.8. The van der Waals surface area contributed by atoms with Crippen LogP contribution in [0.1, 0.15) is 49.7 Å². The summed E-state index contributed by atoms with van der Waals surface area (Å²) in [4.78, 5) is 40.5. The molecule has 0 amide bonds. The van der Waals surface area contributed by atoms with Crippen LogP contribution in [0.25, 0.3) is 11.1 Å². The van der Waals surface area contributed by atoms with Crippen LogP contribution in [0.5, 0.6) is 5.75 Å². The summed E-state index contributed by atoms with van der Waals surface area (Å²) in [6.45, 7) is 3.06. The van der Waals surface area contributed by atoms with Crippen LogP contribution in [-0.2, 0) is 23.9 Å². The zero-order valence-electron chi connectivity index (χ0n) is 19.6. The smallest absolute Gasteiger partial charge is 0.328 e.